The smallest absolute Gasteiger partial charge is 0.691 e. The Bertz CT molecular complexity index is 472. The first-order chi connectivity index (χ1) is 12.8. The fourth-order valence-corrected chi connectivity index (χ4v) is 7.96. The number of hydrogen-bond donors (Lipinski definition) is 0. The second kappa shape index (κ2) is 21.1. The molecular formula is C16H35O5P2S6Sb. The summed E-state index contributed by atoms with van der Waals surface area (Å²) in [6.45, 7) is 19.0. The van der Waals surface area contributed by atoms with Gasteiger partial charge in [0.15, 0.2) is 0 Å². The van der Waals surface area contributed by atoms with E-state index in [4.69, 9.17) is 70.9 Å². The molecule has 0 N–H and O–H groups in total. The van der Waals surface area contributed by atoms with Crippen LogP contribution < -0.4 is 0 Å². The van der Waals surface area contributed by atoms with Crippen molar-refractivity contribution >= 4 is 113 Å². The zero-order valence-corrected chi connectivity index (χ0v) is 28.5. The Morgan fingerprint density at radius 1 is 0.600 bits per heavy atom. The van der Waals surface area contributed by atoms with Crippen LogP contribution in [0.25, 0.3) is 0 Å². The first-order valence-electron chi connectivity index (χ1n) is 9.02. The SMILES string of the molecule is CC(C)OC(=S)[S-].CC(C)OP(=S)([S-])OC(C)C.CC(C)OP(=S)([S-])OC(C)C.[Sb+3]. The molecule has 14 heteroatoms. The van der Waals surface area contributed by atoms with Gasteiger partial charge >= 0.3 is 24.4 Å². The van der Waals surface area contributed by atoms with Crippen molar-refractivity contribution in [1.29, 1.82) is 0 Å². The van der Waals surface area contributed by atoms with Crippen LogP contribution in [-0.2, 0) is 83.6 Å². The van der Waals surface area contributed by atoms with E-state index in [1.54, 1.807) is 0 Å². The van der Waals surface area contributed by atoms with Crippen molar-refractivity contribution in [3.05, 3.63) is 0 Å². The molecule has 0 saturated carbocycles. The van der Waals surface area contributed by atoms with E-state index < -0.39 is 11.4 Å². The largest absolute Gasteiger partial charge is 3.00 e. The van der Waals surface area contributed by atoms with Crippen molar-refractivity contribution in [3.8, 4) is 0 Å². The van der Waals surface area contributed by atoms with E-state index in [-0.39, 0.29) is 59.3 Å². The fraction of sp³-hybridized carbons (Fsp3) is 0.938. The molecule has 0 aromatic carbocycles. The monoisotopic (exact) mass is 682 g/mol. The number of ether oxygens (including phenoxy) is 1. The summed E-state index contributed by atoms with van der Waals surface area (Å²) in [5.74, 6) is 0. The Hall–Kier alpha value is 2.77. The van der Waals surface area contributed by atoms with Gasteiger partial charge in [0.25, 0.3) is 0 Å². The van der Waals surface area contributed by atoms with E-state index in [0.717, 1.165) is 0 Å². The Morgan fingerprint density at radius 3 is 0.867 bits per heavy atom. The van der Waals surface area contributed by atoms with Gasteiger partial charge in [-0.25, -0.2) is 0 Å². The Balaban J connectivity index is -0.000000171. The summed E-state index contributed by atoms with van der Waals surface area (Å²) in [6, 6.07) is 0. The summed E-state index contributed by atoms with van der Waals surface area (Å²) in [5, 5.41) is 0. The number of thiocarbonyl (C=S) groups is 1. The Morgan fingerprint density at radius 2 is 0.800 bits per heavy atom. The molecule has 0 heterocycles. The average molecular weight is 684 g/mol. The summed E-state index contributed by atoms with van der Waals surface area (Å²) >= 11 is 28.8. The van der Waals surface area contributed by atoms with Crippen LogP contribution in [0.1, 0.15) is 69.2 Å². The molecule has 30 heavy (non-hydrogen) atoms. The summed E-state index contributed by atoms with van der Waals surface area (Å²) in [7, 11) is 0. The molecule has 0 fully saturated rings. The minimum Gasteiger partial charge on any atom is -0.691 e. The van der Waals surface area contributed by atoms with E-state index in [9.17, 15) is 0 Å². The van der Waals surface area contributed by atoms with Gasteiger partial charge in [0, 0.05) is 4.38 Å². The second-order valence-electron chi connectivity index (χ2n) is 6.93. The standard InChI is InChI=1S/2C6H15O2PS2.C4H8OS2.Sb/c2*1-5(2)7-9(10,11)8-6(3)4;1-3(2)5-4(6)7;/h2*5-6H,1-4H3,(H,10,11);3H,1-2H3,(H,6,7);/q;;;+3/p-3. The predicted molar refractivity (Wildman–Crippen MR) is 150 cm³/mol. The molecule has 0 bridgehead atoms. The van der Waals surface area contributed by atoms with Crippen LogP contribution in [0.15, 0.2) is 0 Å². The van der Waals surface area contributed by atoms with Gasteiger partial charge in [-0.05, 0) is 69.2 Å². The van der Waals surface area contributed by atoms with Gasteiger partial charge < -0.3 is 72.2 Å². The minimum absolute atomic E-state index is 0. The quantitative estimate of drug-likeness (QED) is 0.123. The molecule has 0 atom stereocenters. The number of hydrogen-bond acceptors (Lipinski definition) is 11. The van der Waals surface area contributed by atoms with Gasteiger partial charge in [-0.15, -0.1) is 0 Å². The molecule has 0 aliphatic carbocycles. The molecule has 0 spiro atoms. The van der Waals surface area contributed by atoms with E-state index in [1.807, 2.05) is 69.2 Å². The van der Waals surface area contributed by atoms with Crippen molar-refractivity contribution in [2.24, 2.45) is 0 Å². The Labute approximate surface area is 233 Å². The third kappa shape index (κ3) is 38.1. The van der Waals surface area contributed by atoms with E-state index in [2.05, 4.69) is 24.8 Å². The van der Waals surface area contributed by atoms with Gasteiger partial charge in [-0.2, -0.15) is 0 Å². The minimum atomic E-state index is -2.39. The van der Waals surface area contributed by atoms with Crippen molar-refractivity contribution in [2.75, 3.05) is 0 Å². The first kappa shape index (κ1) is 40.0. The van der Waals surface area contributed by atoms with E-state index in [1.165, 1.54) is 0 Å². The maximum Gasteiger partial charge on any atom is 3.00 e. The summed E-state index contributed by atoms with van der Waals surface area (Å²) < 4.78 is 26.1. The van der Waals surface area contributed by atoms with Crippen LogP contribution in [0.4, 0.5) is 0 Å². The van der Waals surface area contributed by atoms with Crippen LogP contribution in [0.5, 0.6) is 0 Å². The third-order valence-corrected chi connectivity index (χ3v) is 6.67. The van der Waals surface area contributed by atoms with Crippen LogP contribution in [0.3, 0.4) is 0 Å². The van der Waals surface area contributed by atoms with E-state index in [0.29, 0.717) is 0 Å². The van der Waals surface area contributed by atoms with Gasteiger partial charge in [0.05, 0.1) is 41.9 Å². The molecule has 2 radical (unpaired) electrons. The molecular weight excluding hydrogens is 648 g/mol. The fourth-order valence-electron chi connectivity index (χ4n) is 1.27. The maximum absolute atomic E-state index is 5.27. The molecule has 0 aromatic rings. The van der Waals surface area contributed by atoms with Crippen molar-refractivity contribution in [1.82, 2.24) is 0 Å². The molecule has 0 unspecified atom stereocenters. The molecule has 180 valence electrons. The number of rotatable bonds is 9. The molecule has 0 aliphatic heterocycles. The van der Waals surface area contributed by atoms with Crippen molar-refractivity contribution in [2.45, 2.75) is 99.8 Å². The van der Waals surface area contributed by atoms with Gasteiger partial charge in [-0.1, -0.05) is 23.6 Å². The molecule has 0 aliphatic rings. The maximum atomic E-state index is 5.27. The van der Waals surface area contributed by atoms with Gasteiger partial charge in [0.1, 0.15) is 0 Å². The summed E-state index contributed by atoms with van der Waals surface area (Å²) in [4.78, 5) is 0. The van der Waals surface area contributed by atoms with Crippen molar-refractivity contribution in [3.63, 3.8) is 0 Å². The molecule has 0 amide bonds. The molecule has 0 saturated heterocycles. The third-order valence-electron chi connectivity index (χ3n) is 1.69. The normalized spacial score (nSPS) is 11.6. The van der Waals surface area contributed by atoms with Crippen LogP contribution in [0, 0.1) is 0 Å². The second-order valence-corrected chi connectivity index (χ2v) is 17.7. The summed E-state index contributed by atoms with van der Waals surface area (Å²) in [5.41, 5.74) is -4.78. The molecule has 5 nitrogen and oxygen atoms in total. The zero-order chi connectivity index (χ0) is 24.0. The average Bonchev–Trinajstić information content (AvgIpc) is 2.30. The van der Waals surface area contributed by atoms with Crippen LogP contribution in [0.2, 0.25) is 0 Å². The van der Waals surface area contributed by atoms with E-state index >= 15 is 0 Å². The first-order valence-corrected chi connectivity index (χ1v) is 17.1. The molecule has 0 rings (SSSR count). The predicted octanol–water partition coefficient (Wildman–Crippen LogP) is 6.08. The van der Waals surface area contributed by atoms with Gasteiger partial charge in [-0.3, -0.25) is 0 Å². The topological polar surface area (TPSA) is 46.2 Å². The molecule has 0 aromatic heterocycles. The van der Waals surface area contributed by atoms with Gasteiger partial charge in [0.2, 0.25) is 0 Å². The zero-order valence-electron chi connectivity index (χ0n) is 19.2. The van der Waals surface area contributed by atoms with Crippen molar-refractivity contribution < 1.29 is 22.8 Å². The Kier molecular flexibility index (Phi) is 28.1. The van der Waals surface area contributed by atoms with Crippen LogP contribution >= 0.6 is 23.6 Å². The summed E-state index contributed by atoms with van der Waals surface area (Å²) in [6.07, 6.45) is 0.341. The van der Waals surface area contributed by atoms with Crippen LogP contribution in [-0.4, -0.2) is 59.3 Å².